The highest BCUT2D eigenvalue weighted by atomic mass is 35.5. The molecule has 0 aromatic heterocycles. The van der Waals surface area contributed by atoms with Gasteiger partial charge in [0.25, 0.3) is 0 Å². The van der Waals surface area contributed by atoms with Gasteiger partial charge < -0.3 is 0 Å². The number of halogens is 2. The number of rotatable bonds is 5. The van der Waals surface area contributed by atoms with Crippen LogP contribution in [0.2, 0.25) is 10.0 Å². The zero-order chi connectivity index (χ0) is 20.3. The average molecular weight is 435 g/mol. The molecule has 0 N–H and O–H groups in total. The fourth-order valence-corrected chi connectivity index (χ4v) is 4.48. The van der Waals surface area contributed by atoms with Crippen LogP contribution in [0.15, 0.2) is 47.5 Å². The quantitative estimate of drug-likeness (QED) is 0.570. The van der Waals surface area contributed by atoms with E-state index in [9.17, 15) is 9.59 Å². The molecule has 0 radical (unpaired) electrons. The summed E-state index contributed by atoms with van der Waals surface area (Å²) in [5.41, 5.74) is 1.86. The third-order valence-corrected chi connectivity index (χ3v) is 6.57. The van der Waals surface area contributed by atoms with E-state index in [1.54, 1.807) is 59.1 Å². The van der Waals surface area contributed by atoms with Crippen molar-refractivity contribution in [2.75, 3.05) is 11.4 Å². The molecule has 0 fully saturated rings. The van der Waals surface area contributed by atoms with Crippen LogP contribution in [0, 0.1) is 0 Å². The summed E-state index contributed by atoms with van der Waals surface area (Å²) in [5.74, 6) is -0.195. The number of amidine groups is 1. The lowest BCUT2D eigenvalue weighted by Gasteiger charge is -2.23. The number of anilines is 1. The van der Waals surface area contributed by atoms with E-state index in [4.69, 9.17) is 23.2 Å². The van der Waals surface area contributed by atoms with E-state index in [-0.39, 0.29) is 18.1 Å². The van der Waals surface area contributed by atoms with Crippen molar-refractivity contribution in [2.24, 2.45) is 4.99 Å². The lowest BCUT2D eigenvalue weighted by Crippen LogP contribution is -2.36. The van der Waals surface area contributed by atoms with Gasteiger partial charge in [0.05, 0.1) is 18.7 Å². The van der Waals surface area contributed by atoms with Gasteiger partial charge in [-0.1, -0.05) is 48.0 Å². The lowest BCUT2D eigenvalue weighted by molar-refractivity contribution is -0.117. The smallest absolute Gasteiger partial charge is 0.237 e. The third-order valence-electron chi connectivity index (χ3n) is 4.52. The molecule has 0 bridgehead atoms. The van der Waals surface area contributed by atoms with Crippen LogP contribution in [0.5, 0.6) is 0 Å². The minimum Gasteiger partial charge on any atom is -0.295 e. The molecular formula is C21H20Cl2N2O2S. The Morgan fingerprint density at radius 3 is 2.32 bits per heavy atom. The van der Waals surface area contributed by atoms with Crippen molar-refractivity contribution in [3.05, 3.63) is 63.6 Å². The zero-order valence-corrected chi connectivity index (χ0v) is 17.9. The number of amides is 1. The van der Waals surface area contributed by atoms with E-state index in [1.807, 2.05) is 0 Å². The molecule has 1 aliphatic heterocycles. The van der Waals surface area contributed by atoms with Gasteiger partial charge in [-0.3, -0.25) is 19.5 Å². The van der Waals surface area contributed by atoms with Crippen molar-refractivity contribution in [1.29, 1.82) is 0 Å². The highest BCUT2D eigenvalue weighted by Crippen LogP contribution is 2.31. The molecular weight excluding hydrogens is 415 g/mol. The molecule has 146 valence electrons. The largest absolute Gasteiger partial charge is 0.295 e. The predicted molar refractivity (Wildman–Crippen MR) is 118 cm³/mol. The first-order valence-corrected chi connectivity index (χ1v) is 10.6. The zero-order valence-electron chi connectivity index (χ0n) is 15.6. The van der Waals surface area contributed by atoms with Crippen molar-refractivity contribution in [2.45, 2.75) is 31.9 Å². The van der Waals surface area contributed by atoms with E-state index in [2.05, 4.69) is 11.9 Å². The number of Topliss-reactive ketones (excluding diaryl/α,β-unsaturated/α-hetero) is 1. The van der Waals surface area contributed by atoms with E-state index in [0.29, 0.717) is 43.8 Å². The lowest BCUT2D eigenvalue weighted by atomic mass is 10.1. The van der Waals surface area contributed by atoms with Gasteiger partial charge in [0, 0.05) is 20.9 Å². The molecule has 2 aromatic rings. The maximum absolute atomic E-state index is 13.3. The minimum absolute atomic E-state index is 0.0223. The average Bonchev–Trinajstić information content (AvgIpc) is 3.14. The predicted octanol–water partition coefficient (Wildman–Crippen LogP) is 5.65. The number of thioether (sulfide) groups is 1. The molecule has 0 saturated carbocycles. The van der Waals surface area contributed by atoms with Crippen molar-refractivity contribution in [3.8, 4) is 0 Å². The Kier molecular flexibility index (Phi) is 6.81. The second kappa shape index (κ2) is 9.12. The standard InChI is InChI=1S/C21H20Cl2N2O2S/c1-3-16-12-24-21(28-16)25(15-9-7-14(8-10-15)13(2)26)20(27)11-17-18(22)5-4-6-19(17)23/h4-10,16H,3,11-12H2,1-2H3/t16-/m1/s1. The summed E-state index contributed by atoms with van der Waals surface area (Å²) < 4.78 is 0. The molecule has 7 heteroatoms. The topological polar surface area (TPSA) is 49.7 Å². The van der Waals surface area contributed by atoms with Crippen LogP contribution in [0.3, 0.4) is 0 Å². The molecule has 0 saturated heterocycles. The molecule has 0 aliphatic carbocycles. The second-order valence-electron chi connectivity index (χ2n) is 6.48. The Morgan fingerprint density at radius 1 is 1.14 bits per heavy atom. The second-order valence-corrected chi connectivity index (χ2v) is 8.56. The van der Waals surface area contributed by atoms with Crippen LogP contribution in [-0.2, 0) is 11.2 Å². The van der Waals surface area contributed by atoms with Gasteiger partial charge in [-0.2, -0.15) is 0 Å². The summed E-state index contributed by atoms with van der Waals surface area (Å²) in [6.45, 7) is 4.30. The summed E-state index contributed by atoms with van der Waals surface area (Å²) in [6, 6.07) is 12.2. The molecule has 1 atom stereocenters. The molecule has 1 aliphatic rings. The Labute approximate surface area is 178 Å². The Hall–Kier alpha value is -1.82. The summed E-state index contributed by atoms with van der Waals surface area (Å²) in [4.78, 5) is 31.0. The monoisotopic (exact) mass is 434 g/mol. The summed E-state index contributed by atoms with van der Waals surface area (Å²) >= 11 is 14.1. The van der Waals surface area contributed by atoms with Crippen LogP contribution in [0.1, 0.15) is 36.2 Å². The van der Waals surface area contributed by atoms with Gasteiger partial charge in [-0.25, -0.2) is 0 Å². The summed E-state index contributed by atoms with van der Waals surface area (Å²) in [5, 5.41) is 1.93. The Bertz CT molecular complexity index is 908. The summed E-state index contributed by atoms with van der Waals surface area (Å²) in [7, 11) is 0. The van der Waals surface area contributed by atoms with Crippen LogP contribution >= 0.6 is 35.0 Å². The van der Waals surface area contributed by atoms with Gasteiger partial charge in [-0.15, -0.1) is 0 Å². The number of benzene rings is 2. The van der Waals surface area contributed by atoms with Gasteiger partial charge in [0.15, 0.2) is 11.0 Å². The number of carbonyl (C=O) groups is 2. The van der Waals surface area contributed by atoms with E-state index >= 15 is 0 Å². The SMILES string of the molecule is CC[C@@H]1CN=C(N(C(=O)Cc2c(Cl)cccc2Cl)c2ccc(C(C)=O)cc2)S1. The number of hydrogen-bond acceptors (Lipinski definition) is 4. The molecule has 28 heavy (non-hydrogen) atoms. The minimum atomic E-state index is -0.173. The molecule has 3 rings (SSSR count). The first kappa shape index (κ1) is 20.9. The molecule has 0 unspecified atom stereocenters. The summed E-state index contributed by atoms with van der Waals surface area (Å²) in [6.07, 6.45) is 1.03. The first-order valence-electron chi connectivity index (χ1n) is 8.98. The van der Waals surface area contributed by atoms with E-state index in [0.717, 1.165) is 6.42 Å². The molecule has 1 heterocycles. The first-order chi connectivity index (χ1) is 13.4. The van der Waals surface area contributed by atoms with Crippen molar-refractivity contribution >= 4 is 57.5 Å². The van der Waals surface area contributed by atoms with Gasteiger partial charge >= 0.3 is 0 Å². The van der Waals surface area contributed by atoms with Crippen LogP contribution in [0.25, 0.3) is 0 Å². The van der Waals surface area contributed by atoms with Crippen LogP contribution in [0.4, 0.5) is 5.69 Å². The number of aliphatic imine (C=N–C) groups is 1. The van der Waals surface area contributed by atoms with Crippen molar-refractivity contribution in [1.82, 2.24) is 0 Å². The fourth-order valence-electron chi connectivity index (χ4n) is 2.88. The number of ketones is 1. The van der Waals surface area contributed by atoms with Gasteiger partial charge in [0.1, 0.15) is 0 Å². The van der Waals surface area contributed by atoms with E-state index < -0.39 is 0 Å². The van der Waals surface area contributed by atoms with Crippen LogP contribution in [-0.4, -0.2) is 28.7 Å². The van der Waals surface area contributed by atoms with Crippen molar-refractivity contribution < 1.29 is 9.59 Å². The van der Waals surface area contributed by atoms with E-state index in [1.165, 1.54) is 6.92 Å². The number of hydrogen-bond donors (Lipinski definition) is 0. The maximum atomic E-state index is 13.3. The Balaban J connectivity index is 1.94. The maximum Gasteiger partial charge on any atom is 0.237 e. The van der Waals surface area contributed by atoms with Gasteiger partial charge in [0.2, 0.25) is 5.91 Å². The molecule has 4 nitrogen and oxygen atoms in total. The molecule has 1 amide bonds. The fraction of sp³-hybridized carbons (Fsp3) is 0.286. The highest BCUT2D eigenvalue weighted by molar-refractivity contribution is 8.15. The van der Waals surface area contributed by atoms with Gasteiger partial charge in [-0.05, 0) is 55.3 Å². The van der Waals surface area contributed by atoms with Crippen molar-refractivity contribution in [3.63, 3.8) is 0 Å². The molecule has 0 spiro atoms. The third kappa shape index (κ3) is 4.59. The normalized spacial score (nSPS) is 16.0. The number of nitrogens with zero attached hydrogens (tertiary/aromatic N) is 2. The van der Waals surface area contributed by atoms with Crippen LogP contribution < -0.4 is 4.90 Å². The highest BCUT2D eigenvalue weighted by Gasteiger charge is 2.29. The number of carbonyl (C=O) groups excluding carboxylic acids is 2. The molecule has 2 aromatic carbocycles. The Morgan fingerprint density at radius 2 is 1.79 bits per heavy atom.